The third-order valence-electron chi connectivity index (χ3n) is 5.97. The molecule has 0 bridgehead atoms. The first-order chi connectivity index (χ1) is 14.7. The van der Waals surface area contributed by atoms with E-state index < -0.39 is 0 Å². The van der Waals surface area contributed by atoms with Crippen LogP contribution >= 0.6 is 11.3 Å². The van der Waals surface area contributed by atoms with E-state index in [1.54, 1.807) is 12.1 Å². The standard InChI is InChI=1S/C25H28N2O3S/c1-15-7-5-8-17(13-15)26-23(29)21-18-11-10-16(25(2,3)4)14-20(18)31-24(21)27-22(28)19-9-6-12-30-19/h5-9,12-13,16H,10-11,14H2,1-4H3,(H,26,29)(H,27,28)/t16-/m1/s1. The van der Waals surface area contributed by atoms with Crippen molar-refractivity contribution in [2.45, 2.75) is 47.0 Å². The Morgan fingerprint density at radius 3 is 2.58 bits per heavy atom. The van der Waals surface area contributed by atoms with Crippen molar-refractivity contribution in [2.24, 2.45) is 11.3 Å². The van der Waals surface area contributed by atoms with Crippen LogP contribution in [0.25, 0.3) is 0 Å². The predicted octanol–water partition coefficient (Wildman–Crippen LogP) is 6.31. The lowest BCUT2D eigenvalue weighted by atomic mass is 9.72. The van der Waals surface area contributed by atoms with Crippen LogP contribution in [0.5, 0.6) is 0 Å². The highest BCUT2D eigenvalue weighted by Gasteiger charge is 2.34. The molecule has 5 nitrogen and oxygen atoms in total. The molecule has 2 N–H and O–H groups in total. The van der Waals surface area contributed by atoms with Crippen LogP contribution < -0.4 is 10.6 Å². The van der Waals surface area contributed by atoms with Gasteiger partial charge < -0.3 is 15.1 Å². The first-order valence-corrected chi connectivity index (χ1v) is 11.4. The van der Waals surface area contributed by atoms with Crippen molar-refractivity contribution in [3.05, 3.63) is 70.0 Å². The number of fused-ring (bicyclic) bond motifs is 1. The molecular formula is C25H28N2O3S. The number of nitrogens with one attached hydrogen (secondary N) is 2. The lowest BCUT2D eigenvalue weighted by molar-refractivity contribution is 0.0997. The van der Waals surface area contributed by atoms with Gasteiger partial charge in [-0.2, -0.15) is 0 Å². The molecule has 1 aliphatic rings. The Morgan fingerprint density at radius 1 is 1.10 bits per heavy atom. The van der Waals surface area contributed by atoms with Crippen molar-refractivity contribution in [1.29, 1.82) is 0 Å². The van der Waals surface area contributed by atoms with Crippen molar-refractivity contribution >= 4 is 33.8 Å². The number of anilines is 2. The van der Waals surface area contributed by atoms with Crippen molar-refractivity contribution in [3.8, 4) is 0 Å². The maximum atomic E-state index is 13.3. The summed E-state index contributed by atoms with van der Waals surface area (Å²) < 4.78 is 5.23. The summed E-state index contributed by atoms with van der Waals surface area (Å²) >= 11 is 1.52. The molecule has 162 valence electrons. The van der Waals surface area contributed by atoms with Crippen LogP contribution in [-0.2, 0) is 12.8 Å². The van der Waals surface area contributed by atoms with Gasteiger partial charge in [0, 0.05) is 10.6 Å². The van der Waals surface area contributed by atoms with Gasteiger partial charge >= 0.3 is 0 Å². The molecule has 0 fully saturated rings. The quantitative estimate of drug-likeness (QED) is 0.504. The molecule has 0 saturated carbocycles. The monoisotopic (exact) mass is 436 g/mol. The second-order valence-corrected chi connectivity index (χ2v) is 10.4. The normalized spacial score (nSPS) is 15.9. The van der Waals surface area contributed by atoms with Crippen LogP contribution in [0.3, 0.4) is 0 Å². The van der Waals surface area contributed by atoms with Crippen LogP contribution in [0.1, 0.15) is 64.1 Å². The fourth-order valence-corrected chi connectivity index (χ4v) is 5.46. The molecule has 0 unspecified atom stereocenters. The molecule has 0 radical (unpaired) electrons. The number of carbonyl (C=O) groups excluding carboxylic acids is 2. The molecule has 4 rings (SSSR count). The number of thiophene rings is 1. The number of rotatable bonds is 4. The highest BCUT2D eigenvalue weighted by molar-refractivity contribution is 7.17. The Hall–Kier alpha value is -2.86. The summed E-state index contributed by atoms with van der Waals surface area (Å²) in [6.07, 6.45) is 4.25. The first kappa shape index (κ1) is 21.4. The van der Waals surface area contributed by atoms with Gasteiger partial charge in [0.05, 0.1) is 11.8 Å². The lowest BCUT2D eigenvalue weighted by Crippen LogP contribution is -2.27. The summed E-state index contributed by atoms with van der Waals surface area (Å²) in [7, 11) is 0. The van der Waals surface area contributed by atoms with Crippen molar-refractivity contribution < 1.29 is 14.0 Å². The molecule has 3 aromatic rings. The molecule has 0 saturated heterocycles. The van der Waals surface area contributed by atoms with Gasteiger partial charge in [-0.1, -0.05) is 32.9 Å². The minimum absolute atomic E-state index is 0.188. The van der Waals surface area contributed by atoms with Gasteiger partial charge in [0.1, 0.15) is 5.00 Å². The molecule has 1 aromatic carbocycles. The molecule has 1 atom stereocenters. The minimum atomic E-state index is -0.347. The number of benzene rings is 1. The van der Waals surface area contributed by atoms with Crippen molar-refractivity contribution in [2.75, 3.05) is 10.6 Å². The van der Waals surface area contributed by atoms with Gasteiger partial charge in [-0.05, 0) is 72.9 Å². The molecule has 2 aromatic heterocycles. The molecule has 2 amide bonds. The lowest BCUT2D eigenvalue weighted by Gasteiger charge is -2.33. The summed E-state index contributed by atoms with van der Waals surface area (Å²) in [5.74, 6) is 0.233. The Bertz CT molecular complexity index is 1110. The van der Waals surface area contributed by atoms with Gasteiger partial charge in [-0.25, -0.2) is 0 Å². The van der Waals surface area contributed by atoms with Crippen LogP contribution in [0.15, 0.2) is 47.1 Å². The van der Waals surface area contributed by atoms with Crippen molar-refractivity contribution in [1.82, 2.24) is 0 Å². The fourth-order valence-electron chi connectivity index (χ4n) is 4.14. The SMILES string of the molecule is Cc1cccc(NC(=O)c2c(NC(=O)c3ccco3)sc3c2CC[C@@H](C(C)(C)C)C3)c1. The smallest absolute Gasteiger partial charge is 0.291 e. The summed E-state index contributed by atoms with van der Waals surface area (Å²) in [5.41, 5.74) is 3.66. The fraction of sp³-hybridized carbons (Fsp3) is 0.360. The molecular weight excluding hydrogens is 408 g/mol. The van der Waals surface area contributed by atoms with Gasteiger partial charge in [-0.15, -0.1) is 11.3 Å². The number of hydrogen-bond acceptors (Lipinski definition) is 4. The Kier molecular flexibility index (Phi) is 5.75. The largest absolute Gasteiger partial charge is 0.459 e. The average Bonchev–Trinajstić information content (AvgIpc) is 3.34. The van der Waals surface area contributed by atoms with E-state index in [4.69, 9.17) is 4.42 Å². The van der Waals surface area contributed by atoms with Gasteiger partial charge in [0.15, 0.2) is 5.76 Å². The maximum Gasteiger partial charge on any atom is 0.291 e. The number of aryl methyl sites for hydroxylation is 1. The van der Waals surface area contributed by atoms with Gasteiger partial charge in [0.25, 0.3) is 11.8 Å². The molecule has 31 heavy (non-hydrogen) atoms. The average molecular weight is 437 g/mol. The zero-order valence-electron chi connectivity index (χ0n) is 18.4. The van der Waals surface area contributed by atoms with E-state index in [0.717, 1.165) is 36.1 Å². The minimum Gasteiger partial charge on any atom is -0.459 e. The third-order valence-corrected chi connectivity index (χ3v) is 7.13. The number of hydrogen-bond donors (Lipinski definition) is 2. The van der Waals surface area contributed by atoms with E-state index in [-0.39, 0.29) is 23.0 Å². The summed E-state index contributed by atoms with van der Waals surface area (Å²) in [5, 5.41) is 6.53. The summed E-state index contributed by atoms with van der Waals surface area (Å²) in [4.78, 5) is 27.2. The Balaban J connectivity index is 1.68. The van der Waals surface area contributed by atoms with Gasteiger partial charge in [0.2, 0.25) is 0 Å². The zero-order valence-corrected chi connectivity index (χ0v) is 19.2. The Labute approximate surface area is 186 Å². The second-order valence-electron chi connectivity index (χ2n) is 9.27. The van der Waals surface area contributed by atoms with Gasteiger partial charge in [-0.3, -0.25) is 9.59 Å². The zero-order chi connectivity index (χ0) is 22.2. The van der Waals surface area contributed by atoms with E-state index in [1.807, 2.05) is 31.2 Å². The molecule has 6 heteroatoms. The van der Waals surface area contributed by atoms with E-state index in [2.05, 4.69) is 31.4 Å². The summed E-state index contributed by atoms with van der Waals surface area (Å²) in [6.45, 7) is 8.79. The number of furan rings is 1. The molecule has 0 spiro atoms. The predicted molar refractivity (Wildman–Crippen MR) is 125 cm³/mol. The second kappa shape index (κ2) is 8.35. The third kappa shape index (κ3) is 4.59. The highest BCUT2D eigenvalue weighted by atomic mass is 32.1. The molecule has 1 aliphatic carbocycles. The topological polar surface area (TPSA) is 71.3 Å². The van der Waals surface area contributed by atoms with Crippen LogP contribution in [0.2, 0.25) is 0 Å². The summed E-state index contributed by atoms with van der Waals surface area (Å²) in [6, 6.07) is 11.0. The van der Waals surface area contributed by atoms with E-state index in [0.29, 0.717) is 16.5 Å². The number of amides is 2. The first-order valence-electron chi connectivity index (χ1n) is 10.6. The van der Waals surface area contributed by atoms with Crippen LogP contribution in [0.4, 0.5) is 10.7 Å². The van der Waals surface area contributed by atoms with E-state index in [1.165, 1.54) is 22.5 Å². The van der Waals surface area contributed by atoms with E-state index >= 15 is 0 Å². The molecule has 2 heterocycles. The molecule has 0 aliphatic heterocycles. The van der Waals surface area contributed by atoms with Crippen LogP contribution in [-0.4, -0.2) is 11.8 Å². The van der Waals surface area contributed by atoms with Crippen LogP contribution in [0, 0.1) is 18.3 Å². The highest BCUT2D eigenvalue weighted by Crippen LogP contribution is 2.44. The number of carbonyl (C=O) groups is 2. The Morgan fingerprint density at radius 2 is 1.90 bits per heavy atom. The van der Waals surface area contributed by atoms with Crippen molar-refractivity contribution in [3.63, 3.8) is 0 Å². The van der Waals surface area contributed by atoms with E-state index in [9.17, 15) is 9.59 Å². The maximum absolute atomic E-state index is 13.3.